The Morgan fingerprint density at radius 3 is 2.70 bits per heavy atom. The molecule has 1 saturated heterocycles. The summed E-state index contributed by atoms with van der Waals surface area (Å²) in [4.78, 5) is 2.57. The van der Waals surface area contributed by atoms with Gasteiger partial charge in [-0.15, -0.1) is 0 Å². The molecule has 2 N–H and O–H groups in total. The molecule has 0 saturated carbocycles. The summed E-state index contributed by atoms with van der Waals surface area (Å²) in [5, 5.41) is 0. The van der Waals surface area contributed by atoms with Crippen LogP contribution in [0.2, 0.25) is 0 Å². The van der Waals surface area contributed by atoms with Gasteiger partial charge in [0.05, 0.1) is 4.90 Å². The van der Waals surface area contributed by atoms with E-state index in [0.717, 1.165) is 19.4 Å². The maximum Gasteiger partial charge on any atom is 0.243 e. The first-order chi connectivity index (χ1) is 9.32. The third kappa shape index (κ3) is 2.97. The van der Waals surface area contributed by atoms with Gasteiger partial charge >= 0.3 is 0 Å². The molecule has 1 aromatic rings. The van der Waals surface area contributed by atoms with Gasteiger partial charge in [-0.2, -0.15) is 4.31 Å². The van der Waals surface area contributed by atoms with E-state index < -0.39 is 10.0 Å². The number of sulfonamides is 1. The minimum Gasteiger partial charge on any atom is -0.399 e. The van der Waals surface area contributed by atoms with Crippen molar-refractivity contribution in [1.29, 1.82) is 0 Å². The maximum absolute atomic E-state index is 12.6. The molecule has 6 heteroatoms. The third-order valence-electron chi connectivity index (χ3n) is 4.03. The number of nitrogens with two attached hydrogens (primary N) is 1. The Kier molecular flexibility index (Phi) is 4.36. The molecule has 0 aromatic heterocycles. The Morgan fingerprint density at radius 2 is 2.15 bits per heavy atom. The zero-order chi connectivity index (χ0) is 14.9. The summed E-state index contributed by atoms with van der Waals surface area (Å²) in [6.45, 7) is 3.35. The van der Waals surface area contributed by atoms with Crippen LogP contribution in [0.4, 0.5) is 5.69 Å². The lowest BCUT2D eigenvalue weighted by molar-refractivity contribution is 0.271. The summed E-state index contributed by atoms with van der Waals surface area (Å²) in [5.74, 6) is 0. The smallest absolute Gasteiger partial charge is 0.243 e. The largest absolute Gasteiger partial charge is 0.399 e. The monoisotopic (exact) mass is 297 g/mol. The number of likely N-dealkylation sites (N-methyl/N-ethyl adjacent to an activating group) is 2. The minimum absolute atomic E-state index is 0.309. The number of likely N-dealkylation sites (tertiary alicyclic amines) is 1. The number of aryl methyl sites for hydroxylation is 1. The van der Waals surface area contributed by atoms with Crippen LogP contribution in [0.1, 0.15) is 18.4 Å². The van der Waals surface area contributed by atoms with Crippen molar-refractivity contribution in [1.82, 2.24) is 9.21 Å². The van der Waals surface area contributed by atoms with Crippen molar-refractivity contribution in [2.24, 2.45) is 0 Å². The zero-order valence-electron chi connectivity index (χ0n) is 12.3. The molecule has 0 bridgehead atoms. The molecule has 0 spiro atoms. The van der Waals surface area contributed by atoms with Gasteiger partial charge in [-0.25, -0.2) is 8.42 Å². The van der Waals surface area contributed by atoms with Crippen LogP contribution in [-0.4, -0.2) is 50.8 Å². The van der Waals surface area contributed by atoms with E-state index in [4.69, 9.17) is 5.73 Å². The number of hydrogen-bond acceptors (Lipinski definition) is 4. The highest BCUT2D eigenvalue weighted by Gasteiger charge is 2.28. The molecular weight excluding hydrogens is 274 g/mol. The van der Waals surface area contributed by atoms with E-state index in [1.54, 1.807) is 32.2 Å². The summed E-state index contributed by atoms with van der Waals surface area (Å²) in [6.07, 6.45) is 2.19. The summed E-state index contributed by atoms with van der Waals surface area (Å²) in [7, 11) is 0.252. The fourth-order valence-electron chi connectivity index (χ4n) is 2.73. The van der Waals surface area contributed by atoms with Crippen molar-refractivity contribution >= 4 is 15.7 Å². The van der Waals surface area contributed by atoms with E-state index in [2.05, 4.69) is 4.90 Å². The van der Waals surface area contributed by atoms with Crippen molar-refractivity contribution in [3.8, 4) is 0 Å². The van der Waals surface area contributed by atoms with Gasteiger partial charge in [0.15, 0.2) is 0 Å². The highest BCUT2D eigenvalue weighted by molar-refractivity contribution is 7.89. The first kappa shape index (κ1) is 15.3. The maximum atomic E-state index is 12.6. The summed E-state index contributed by atoms with van der Waals surface area (Å²) < 4.78 is 26.7. The van der Waals surface area contributed by atoms with Gasteiger partial charge in [-0.3, -0.25) is 0 Å². The Hall–Kier alpha value is -1.11. The van der Waals surface area contributed by atoms with Gasteiger partial charge in [0.25, 0.3) is 0 Å². The van der Waals surface area contributed by atoms with Gasteiger partial charge in [-0.1, -0.05) is 0 Å². The second-order valence-electron chi connectivity index (χ2n) is 5.59. The molecule has 112 valence electrons. The topological polar surface area (TPSA) is 66.6 Å². The van der Waals surface area contributed by atoms with Crippen molar-refractivity contribution in [3.63, 3.8) is 0 Å². The highest BCUT2D eigenvalue weighted by Crippen LogP contribution is 2.23. The van der Waals surface area contributed by atoms with Gasteiger partial charge in [0.1, 0.15) is 0 Å². The molecule has 1 aliphatic rings. The fourth-order valence-corrected chi connectivity index (χ4v) is 4.14. The second-order valence-corrected chi connectivity index (χ2v) is 7.60. The Morgan fingerprint density at radius 1 is 1.45 bits per heavy atom. The third-order valence-corrected chi connectivity index (χ3v) is 6.01. The average molecular weight is 297 g/mol. The van der Waals surface area contributed by atoms with E-state index in [0.29, 0.717) is 28.7 Å². The van der Waals surface area contributed by atoms with Crippen LogP contribution >= 0.6 is 0 Å². The molecule has 1 atom stereocenters. The normalized spacial score (nSPS) is 20.7. The summed E-state index contributed by atoms with van der Waals surface area (Å²) in [6, 6.07) is 5.23. The van der Waals surface area contributed by atoms with Crippen molar-refractivity contribution in [3.05, 3.63) is 23.8 Å². The standard InChI is InChI=1S/C14H23N3O2S/c1-11-9-12(15)6-7-14(11)20(18,19)17(3)10-13-5-4-8-16(13)2/h6-7,9,13H,4-5,8,10,15H2,1-3H3. The number of benzene rings is 1. The van der Waals surface area contributed by atoms with Crippen LogP contribution in [0.15, 0.2) is 23.1 Å². The number of nitrogen functional groups attached to an aromatic ring is 1. The second kappa shape index (κ2) is 5.71. The zero-order valence-corrected chi connectivity index (χ0v) is 13.2. The average Bonchev–Trinajstić information content (AvgIpc) is 2.74. The van der Waals surface area contributed by atoms with Crippen molar-refractivity contribution in [2.75, 3.05) is 32.9 Å². The quantitative estimate of drug-likeness (QED) is 0.851. The number of nitrogens with zero attached hydrogens (tertiary/aromatic N) is 2. The van der Waals surface area contributed by atoms with Gasteiger partial charge in [0, 0.05) is 25.3 Å². The summed E-state index contributed by atoms with van der Waals surface area (Å²) >= 11 is 0. The van der Waals surface area contributed by atoms with Crippen LogP contribution in [0, 0.1) is 6.92 Å². The minimum atomic E-state index is -3.45. The first-order valence-electron chi connectivity index (χ1n) is 6.85. The molecule has 0 aliphatic carbocycles. The predicted molar refractivity (Wildman–Crippen MR) is 81.1 cm³/mol. The van der Waals surface area contributed by atoms with E-state index in [9.17, 15) is 8.42 Å². The molecule has 0 amide bonds. The van der Waals surface area contributed by atoms with Crippen LogP contribution < -0.4 is 5.73 Å². The fraction of sp³-hybridized carbons (Fsp3) is 0.571. The molecule has 1 unspecified atom stereocenters. The Labute approximate surface area is 121 Å². The first-order valence-corrected chi connectivity index (χ1v) is 8.29. The number of anilines is 1. The van der Waals surface area contributed by atoms with Crippen LogP contribution in [-0.2, 0) is 10.0 Å². The van der Waals surface area contributed by atoms with Crippen LogP contribution in [0.25, 0.3) is 0 Å². The number of hydrogen-bond donors (Lipinski definition) is 1. The molecule has 0 radical (unpaired) electrons. The van der Waals surface area contributed by atoms with Crippen molar-refractivity contribution < 1.29 is 8.42 Å². The lowest BCUT2D eigenvalue weighted by Crippen LogP contribution is -2.39. The van der Waals surface area contributed by atoms with E-state index in [1.165, 1.54) is 4.31 Å². The van der Waals surface area contributed by atoms with E-state index in [-0.39, 0.29) is 0 Å². The molecular formula is C14H23N3O2S. The van der Waals surface area contributed by atoms with Crippen LogP contribution in [0.5, 0.6) is 0 Å². The lowest BCUT2D eigenvalue weighted by Gasteiger charge is -2.26. The lowest BCUT2D eigenvalue weighted by atomic mass is 10.2. The highest BCUT2D eigenvalue weighted by atomic mass is 32.2. The van der Waals surface area contributed by atoms with Crippen molar-refractivity contribution in [2.45, 2.75) is 30.7 Å². The van der Waals surface area contributed by atoms with Crippen LogP contribution in [0.3, 0.4) is 0 Å². The number of rotatable bonds is 4. The predicted octanol–water partition coefficient (Wildman–Crippen LogP) is 1.29. The SMILES string of the molecule is Cc1cc(N)ccc1S(=O)(=O)N(C)CC1CCCN1C. The molecule has 1 aliphatic heterocycles. The summed E-state index contributed by atoms with van der Waals surface area (Å²) in [5.41, 5.74) is 6.96. The Balaban J connectivity index is 2.20. The Bertz CT molecular complexity index is 586. The molecule has 2 rings (SSSR count). The van der Waals surface area contributed by atoms with E-state index in [1.807, 2.05) is 7.05 Å². The van der Waals surface area contributed by atoms with Gasteiger partial charge in [-0.05, 0) is 57.1 Å². The molecule has 1 heterocycles. The molecule has 1 fully saturated rings. The van der Waals surface area contributed by atoms with E-state index >= 15 is 0 Å². The molecule has 20 heavy (non-hydrogen) atoms. The van der Waals surface area contributed by atoms with Gasteiger partial charge < -0.3 is 10.6 Å². The van der Waals surface area contributed by atoms with Gasteiger partial charge in [0.2, 0.25) is 10.0 Å². The molecule has 1 aromatic carbocycles. The molecule has 5 nitrogen and oxygen atoms in total.